The van der Waals surface area contributed by atoms with Crippen LogP contribution in [0.5, 0.6) is 0 Å². The van der Waals surface area contributed by atoms with E-state index in [1.54, 1.807) is 0 Å². The molecule has 0 fully saturated rings. The molecule has 0 rings (SSSR count). The Labute approximate surface area is 70.7 Å². The van der Waals surface area contributed by atoms with Gasteiger partial charge < -0.3 is 44.4 Å². The Bertz CT molecular complexity index is 12.5. The van der Waals surface area contributed by atoms with Crippen molar-refractivity contribution in [3.63, 3.8) is 0 Å². The molecule has 0 aromatic rings. The average molecular weight is 307 g/mol. The molecule has 9 heavy (non-hydrogen) atoms. The third kappa shape index (κ3) is 1210. The fourth-order valence-corrected chi connectivity index (χ4v) is 0. The van der Waals surface area contributed by atoms with E-state index in [2.05, 4.69) is 23.6 Å². The third-order valence-corrected chi connectivity index (χ3v) is 0. The molecular formula is H8HfN4O4. The number of hydrogen-bond acceptors (Lipinski definition) is 8. The summed E-state index contributed by atoms with van der Waals surface area (Å²) in [6, 6.07) is 0. The summed E-state index contributed by atoms with van der Waals surface area (Å²) in [6.07, 6.45) is 0. The Hall–Kier alpha value is 0.550. The molecule has 0 amide bonds. The first-order chi connectivity index (χ1) is 4.00. The maximum Gasteiger partial charge on any atom is 4.00 e. The van der Waals surface area contributed by atoms with Gasteiger partial charge in [0.05, 0.1) is 0 Å². The first-order valence-electron chi connectivity index (χ1n) is 0.943. The summed E-state index contributed by atoms with van der Waals surface area (Å²) in [5.41, 5.74) is 0. The molecule has 0 unspecified atom stereocenters. The van der Waals surface area contributed by atoms with Crippen molar-refractivity contribution in [3.8, 4) is 0 Å². The quantitative estimate of drug-likeness (QED) is 0.284. The second kappa shape index (κ2) is 1610. The summed E-state index contributed by atoms with van der Waals surface area (Å²) >= 11 is 0. The van der Waals surface area contributed by atoms with Crippen LogP contribution in [0.2, 0.25) is 0 Å². The zero-order chi connectivity index (χ0) is 8.00. The Kier molecular flexibility index (Phi) is 6030. The Morgan fingerprint density at radius 1 is 0.444 bits per heavy atom. The first kappa shape index (κ1) is 33.7. The van der Waals surface area contributed by atoms with Gasteiger partial charge in [0.1, 0.15) is 0 Å². The molecule has 0 heterocycles. The van der Waals surface area contributed by atoms with E-state index in [0.717, 1.165) is 0 Å². The van der Waals surface area contributed by atoms with Crippen LogP contribution < -0.4 is 23.6 Å². The van der Waals surface area contributed by atoms with Gasteiger partial charge in [0.2, 0.25) is 0 Å². The smallest absolute Gasteiger partial charge is 0.790 e. The van der Waals surface area contributed by atoms with Crippen LogP contribution in [0.1, 0.15) is 0 Å². The second-order valence-corrected chi connectivity index (χ2v) is 0. The molecule has 9 heteroatoms. The predicted molar refractivity (Wildman–Crippen MR) is 30.2 cm³/mol. The minimum atomic E-state index is 0. The van der Waals surface area contributed by atoms with E-state index in [0.29, 0.717) is 0 Å². The van der Waals surface area contributed by atoms with Gasteiger partial charge in [0, 0.05) is 0 Å². The maximum atomic E-state index is 7.75. The van der Waals surface area contributed by atoms with Crippen LogP contribution in [-0.2, 0) is 25.8 Å². The molecule has 0 atom stereocenters. The van der Waals surface area contributed by atoms with Gasteiger partial charge in [-0.15, -0.1) is 0 Å². The van der Waals surface area contributed by atoms with Crippen molar-refractivity contribution < 1.29 is 25.8 Å². The minimum Gasteiger partial charge on any atom is -0.790 e. The van der Waals surface area contributed by atoms with Gasteiger partial charge in [-0.05, 0) is 0 Å². The molecule has 0 bridgehead atoms. The van der Waals surface area contributed by atoms with Crippen LogP contribution in [0.15, 0.2) is 0 Å². The molecule has 0 radical (unpaired) electrons. The normalized spacial score (nSPS) is 2.67. The van der Waals surface area contributed by atoms with E-state index < -0.39 is 0 Å². The molecule has 0 aliphatic rings. The van der Waals surface area contributed by atoms with Crippen LogP contribution in [0, 0.1) is 20.8 Å². The van der Waals surface area contributed by atoms with Crippen molar-refractivity contribution in [2.24, 2.45) is 23.6 Å². The topological polar surface area (TPSA) is 196 Å². The van der Waals surface area contributed by atoms with E-state index in [1.807, 2.05) is 0 Å². The summed E-state index contributed by atoms with van der Waals surface area (Å²) in [5.74, 6) is 13.0. The maximum absolute atomic E-state index is 7.75. The minimum absolute atomic E-state index is 0. The van der Waals surface area contributed by atoms with Crippen LogP contribution >= 0.6 is 0 Å². The van der Waals surface area contributed by atoms with Gasteiger partial charge in [0.25, 0.3) is 0 Å². The zero-order valence-corrected chi connectivity index (χ0v) is 8.04. The predicted octanol–water partition coefficient (Wildman–Crippen LogP) is -2.23. The molecule has 0 saturated heterocycles. The van der Waals surface area contributed by atoms with E-state index >= 15 is 0 Å². The van der Waals surface area contributed by atoms with Crippen molar-refractivity contribution >= 4 is 0 Å². The molecule has 8 nitrogen and oxygen atoms in total. The average Bonchev–Trinajstić information content (AvgIpc) is 2.03. The fourth-order valence-electron chi connectivity index (χ4n) is 0. The third-order valence-electron chi connectivity index (χ3n) is 0. The molecule has 0 aliphatic carbocycles. The number of rotatable bonds is 0. The summed E-state index contributed by atoms with van der Waals surface area (Å²) in [6.45, 7) is 0. The van der Waals surface area contributed by atoms with Gasteiger partial charge >= 0.3 is 25.8 Å². The van der Waals surface area contributed by atoms with Crippen LogP contribution in [0.25, 0.3) is 0 Å². The number of hydrogen-bond donors (Lipinski definition) is 4. The largest absolute Gasteiger partial charge is 4.00 e. The molecular weight excluding hydrogens is 299 g/mol. The van der Waals surface area contributed by atoms with Crippen LogP contribution in [0.4, 0.5) is 0 Å². The molecule has 8 N–H and O–H groups in total. The Morgan fingerprint density at radius 3 is 0.444 bits per heavy atom. The molecule has 0 saturated carbocycles. The van der Waals surface area contributed by atoms with Crippen molar-refractivity contribution in [3.05, 3.63) is 20.8 Å². The SMILES string of the molecule is N[O-].N[O-].N[O-].N[O-].[Hf+4]. The van der Waals surface area contributed by atoms with E-state index in [9.17, 15) is 0 Å². The van der Waals surface area contributed by atoms with Gasteiger partial charge in [-0.3, -0.25) is 0 Å². The van der Waals surface area contributed by atoms with Crippen molar-refractivity contribution in [2.75, 3.05) is 0 Å². The standard InChI is InChI=1S/Hf.4H2NO/c;4*1-2/h;4*1H2/q+4;4*-1. The molecule has 0 aromatic heterocycles. The van der Waals surface area contributed by atoms with Crippen molar-refractivity contribution in [2.45, 2.75) is 0 Å². The Morgan fingerprint density at radius 2 is 0.444 bits per heavy atom. The summed E-state index contributed by atoms with van der Waals surface area (Å²) < 4.78 is 0. The molecule has 0 aromatic carbocycles. The zero-order valence-electron chi connectivity index (χ0n) is 4.44. The molecule has 56 valence electrons. The van der Waals surface area contributed by atoms with Gasteiger partial charge in [0.15, 0.2) is 0 Å². The van der Waals surface area contributed by atoms with Crippen LogP contribution in [0.3, 0.4) is 0 Å². The summed E-state index contributed by atoms with van der Waals surface area (Å²) in [7, 11) is 0. The number of nitrogens with two attached hydrogens (primary N) is 4. The van der Waals surface area contributed by atoms with E-state index in [4.69, 9.17) is 20.8 Å². The molecule has 0 spiro atoms. The summed E-state index contributed by atoms with van der Waals surface area (Å²) in [5, 5.41) is 31.0. The van der Waals surface area contributed by atoms with Crippen molar-refractivity contribution in [1.29, 1.82) is 0 Å². The van der Waals surface area contributed by atoms with E-state index in [-0.39, 0.29) is 25.8 Å². The second-order valence-electron chi connectivity index (χ2n) is 0. The monoisotopic (exact) mass is 308 g/mol. The van der Waals surface area contributed by atoms with Gasteiger partial charge in [-0.1, -0.05) is 0 Å². The fraction of sp³-hybridized carbons (Fsp3) is 0. The first-order valence-corrected chi connectivity index (χ1v) is 0.943. The van der Waals surface area contributed by atoms with Crippen LogP contribution in [-0.4, -0.2) is 0 Å². The molecule has 0 aliphatic heterocycles. The Balaban J connectivity index is -0.00000000762. The van der Waals surface area contributed by atoms with Gasteiger partial charge in [-0.25, -0.2) is 0 Å². The van der Waals surface area contributed by atoms with E-state index in [1.165, 1.54) is 0 Å². The van der Waals surface area contributed by atoms with Gasteiger partial charge in [-0.2, -0.15) is 0 Å². The summed E-state index contributed by atoms with van der Waals surface area (Å²) in [4.78, 5) is 0. The van der Waals surface area contributed by atoms with Crippen molar-refractivity contribution in [1.82, 2.24) is 0 Å².